The molecule has 0 saturated carbocycles. The zero-order chi connectivity index (χ0) is 14.0. The molecule has 0 aliphatic carbocycles. The Balaban J connectivity index is 2.31. The average Bonchev–Trinajstić information content (AvgIpc) is 2.69. The molecule has 6 heteroatoms. The first-order valence-electron chi connectivity index (χ1n) is 5.66. The van der Waals surface area contributed by atoms with Crippen LogP contribution < -0.4 is 10.1 Å². The summed E-state index contributed by atoms with van der Waals surface area (Å²) in [6.07, 6.45) is 1.66. The first kappa shape index (κ1) is 13.9. The van der Waals surface area contributed by atoms with Gasteiger partial charge in [0.1, 0.15) is 11.4 Å². The number of hydrogen-bond acceptors (Lipinski definition) is 3. The van der Waals surface area contributed by atoms with Gasteiger partial charge in [-0.15, -0.1) is 0 Å². The number of ether oxygens (including phenoxy) is 1. The largest absolute Gasteiger partial charge is 0.495 e. The number of aromatic nitrogens is 2. The highest BCUT2D eigenvalue weighted by atomic mass is 127. The fourth-order valence-electron chi connectivity index (χ4n) is 1.77. The highest BCUT2D eigenvalue weighted by Gasteiger charge is 2.16. The first-order chi connectivity index (χ1) is 9.02. The second-order valence-corrected chi connectivity index (χ2v) is 5.28. The Morgan fingerprint density at radius 1 is 1.47 bits per heavy atom. The third-order valence-electron chi connectivity index (χ3n) is 2.71. The van der Waals surface area contributed by atoms with Crippen LogP contribution in [0.1, 0.15) is 16.1 Å². The monoisotopic (exact) mass is 371 g/mol. The lowest BCUT2D eigenvalue weighted by molar-refractivity contribution is 0.101. The number of carbonyl (C=O) groups excluding carboxylic acids is 1. The van der Waals surface area contributed by atoms with Crippen molar-refractivity contribution in [3.8, 4) is 5.75 Å². The normalized spacial score (nSPS) is 10.3. The van der Waals surface area contributed by atoms with Crippen molar-refractivity contribution in [1.82, 2.24) is 9.78 Å². The lowest BCUT2D eigenvalue weighted by Gasteiger charge is -2.11. The summed E-state index contributed by atoms with van der Waals surface area (Å²) in [7, 11) is 3.32. The molecule has 0 bridgehead atoms. The zero-order valence-corrected chi connectivity index (χ0v) is 13.1. The van der Waals surface area contributed by atoms with E-state index >= 15 is 0 Å². The molecule has 1 amide bonds. The van der Waals surface area contributed by atoms with Gasteiger partial charge in [-0.1, -0.05) is 6.07 Å². The number of halogens is 1. The quantitative estimate of drug-likeness (QED) is 0.844. The van der Waals surface area contributed by atoms with Gasteiger partial charge in [-0.05, 0) is 47.2 Å². The average molecular weight is 371 g/mol. The van der Waals surface area contributed by atoms with Gasteiger partial charge in [0, 0.05) is 7.05 Å². The van der Waals surface area contributed by atoms with Crippen LogP contribution in [0.15, 0.2) is 24.4 Å². The van der Waals surface area contributed by atoms with E-state index in [-0.39, 0.29) is 5.91 Å². The number of hydrogen-bond donors (Lipinski definition) is 1. The van der Waals surface area contributed by atoms with Gasteiger partial charge in [-0.25, -0.2) is 0 Å². The van der Waals surface area contributed by atoms with Crippen molar-refractivity contribution in [2.24, 2.45) is 7.05 Å². The lowest BCUT2D eigenvalue weighted by Crippen LogP contribution is -2.17. The SMILES string of the molecule is COc1ccc(C)cc1NC(=O)c1c(I)cnn1C. The van der Waals surface area contributed by atoms with E-state index in [0.29, 0.717) is 17.1 Å². The van der Waals surface area contributed by atoms with Crippen molar-refractivity contribution >= 4 is 34.2 Å². The van der Waals surface area contributed by atoms with E-state index in [2.05, 4.69) is 33.0 Å². The van der Waals surface area contributed by atoms with Crippen molar-refractivity contribution in [2.45, 2.75) is 6.92 Å². The molecule has 0 spiro atoms. The molecule has 0 saturated heterocycles. The Labute approximate surface area is 125 Å². The van der Waals surface area contributed by atoms with Crippen molar-refractivity contribution in [2.75, 3.05) is 12.4 Å². The van der Waals surface area contributed by atoms with Crippen LogP contribution in [0.3, 0.4) is 0 Å². The molecule has 0 aliphatic heterocycles. The van der Waals surface area contributed by atoms with E-state index in [1.54, 1.807) is 25.0 Å². The molecule has 2 rings (SSSR count). The van der Waals surface area contributed by atoms with E-state index in [1.165, 1.54) is 0 Å². The van der Waals surface area contributed by atoms with Gasteiger partial charge in [-0.3, -0.25) is 9.48 Å². The summed E-state index contributed by atoms with van der Waals surface area (Å²) in [6, 6.07) is 5.64. The summed E-state index contributed by atoms with van der Waals surface area (Å²) >= 11 is 2.09. The van der Waals surface area contributed by atoms with Crippen LogP contribution in [0.4, 0.5) is 5.69 Å². The summed E-state index contributed by atoms with van der Waals surface area (Å²) < 4.78 is 7.60. The highest BCUT2D eigenvalue weighted by molar-refractivity contribution is 14.1. The number of benzene rings is 1. The fraction of sp³-hybridized carbons (Fsp3) is 0.231. The van der Waals surface area contributed by atoms with Crippen LogP contribution in [0, 0.1) is 10.5 Å². The Morgan fingerprint density at radius 3 is 2.79 bits per heavy atom. The van der Waals surface area contributed by atoms with E-state index in [1.807, 2.05) is 25.1 Å². The molecule has 2 aromatic rings. The van der Waals surface area contributed by atoms with Crippen LogP contribution in [0.5, 0.6) is 5.75 Å². The minimum atomic E-state index is -0.201. The van der Waals surface area contributed by atoms with Crippen LogP contribution in [0.2, 0.25) is 0 Å². The molecule has 0 aliphatic rings. The number of nitrogens with zero attached hydrogens (tertiary/aromatic N) is 2. The van der Waals surface area contributed by atoms with Crippen molar-refractivity contribution < 1.29 is 9.53 Å². The van der Waals surface area contributed by atoms with Gasteiger partial charge in [0.2, 0.25) is 0 Å². The number of aryl methyl sites for hydroxylation is 2. The Hall–Kier alpha value is -1.57. The lowest BCUT2D eigenvalue weighted by atomic mass is 10.2. The third-order valence-corrected chi connectivity index (χ3v) is 3.50. The summed E-state index contributed by atoms with van der Waals surface area (Å²) in [5.41, 5.74) is 2.24. The number of amides is 1. The highest BCUT2D eigenvalue weighted by Crippen LogP contribution is 2.26. The zero-order valence-electron chi connectivity index (χ0n) is 10.9. The number of anilines is 1. The smallest absolute Gasteiger partial charge is 0.275 e. The van der Waals surface area contributed by atoms with Gasteiger partial charge < -0.3 is 10.1 Å². The van der Waals surface area contributed by atoms with Gasteiger partial charge in [0.15, 0.2) is 0 Å². The van der Waals surface area contributed by atoms with Gasteiger partial charge in [0.25, 0.3) is 5.91 Å². The molecule has 5 nitrogen and oxygen atoms in total. The minimum Gasteiger partial charge on any atom is -0.495 e. The van der Waals surface area contributed by atoms with E-state index in [4.69, 9.17) is 4.74 Å². The maximum absolute atomic E-state index is 12.3. The summed E-state index contributed by atoms with van der Waals surface area (Å²) in [5.74, 6) is 0.435. The first-order valence-corrected chi connectivity index (χ1v) is 6.74. The third kappa shape index (κ3) is 2.89. The number of carbonyl (C=O) groups is 1. The summed E-state index contributed by atoms with van der Waals surface area (Å²) in [5, 5.41) is 6.91. The molecule has 0 atom stereocenters. The predicted molar refractivity (Wildman–Crippen MR) is 81.6 cm³/mol. The summed E-state index contributed by atoms with van der Waals surface area (Å²) in [4.78, 5) is 12.3. The Bertz CT molecular complexity index is 603. The maximum Gasteiger partial charge on any atom is 0.275 e. The molecular formula is C13H14IN3O2. The maximum atomic E-state index is 12.3. The van der Waals surface area contributed by atoms with Gasteiger partial charge in [0.05, 0.1) is 22.6 Å². The molecule has 1 aromatic carbocycles. The van der Waals surface area contributed by atoms with Crippen LogP contribution in [-0.4, -0.2) is 22.8 Å². The van der Waals surface area contributed by atoms with E-state index < -0.39 is 0 Å². The van der Waals surface area contributed by atoms with Gasteiger partial charge >= 0.3 is 0 Å². The predicted octanol–water partition coefficient (Wildman–Crippen LogP) is 2.59. The molecule has 0 radical (unpaired) electrons. The molecule has 100 valence electrons. The van der Waals surface area contributed by atoms with Crippen molar-refractivity contribution in [3.63, 3.8) is 0 Å². The van der Waals surface area contributed by atoms with Crippen LogP contribution >= 0.6 is 22.6 Å². The fourth-order valence-corrected chi connectivity index (χ4v) is 2.49. The second-order valence-electron chi connectivity index (χ2n) is 4.12. The topological polar surface area (TPSA) is 56.1 Å². The van der Waals surface area contributed by atoms with Gasteiger partial charge in [-0.2, -0.15) is 5.10 Å². The molecule has 1 heterocycles. The standard InChI is InChI=1S/C13H14IN3O2/c1-8-4-5-11(19-3)10(6-8)16-13(18)12-9(14)7-15-17(12)2/h4-7H,1-3H3,(H,16,18). The molecule has 1 N–H and O–H groups in total. The second kappa shape index (κ2) is 5.60. The molecule has 19 heavy (non-hydrogen) atoms. The minimum absolute atomic E-state index is 0.201. The molecule has 1 aromatic heterocycles. The van der Waals surface area contributed by atoms with Crippen molar-refractivity contribution in [3.05, 3.63) is 39.2 Å². The Kier molecular flexibility index (Phi) is 4.08. The Morgan fingerprint density at radius 2 is 2.21 bits per heavy atom. The number of rotatable bonds is 3. The molecular weight excluding hydrogens is 357 g/mol. The molecule has 0 unspecified atom stereocenters. The van der Waals surface area contributed by atoms with E-state index in [9.17, 15) is 4.79 Å². The van der Waals surface area contributed by atoms with Crippen molar-refractivity contribution in [1.29, 1.82) is 0 Å². The summed E-state index contributed by atoms with van der Waals surface area (Å²) in [6.45, 7) is 1.96. The van der Waals surface area contributed by atoms with Crippen LogP contribution in [-0.2, 0) is 7.05 Å². The number of nitrogens with one attached hydrogen (secondary N) is 1. The van der Waals surface area contributed by atoms with E-state index in [0.717, 1.165) is 9.13 Å². The molecule has 0 fully saturated rings. The number of methoxy groups -OCH3 is 1. The van der Waals surface area contributed by atoms with Crippen LogP contribution in [0.25, 0.3) is 0 Å².